The summed E-state index contributed by atoms with van der Waals surface area (Å²) in [5, 5.41) is 2.52. The van der Waals surface area contributed by atoms with Crippen LogP contribution in [0.15, 0.2) is 51.8 Å². The van der Waals surface area contributed by atoms with Crippen LogP contribution >= 0.6 is 47.1 Å². The van der Waals surface area contributed by atoms with E-state index in [9.17, 15) is 14.4 Å². The molecule has 8 nitrogen and oxygen atoms in total. The highest BCUT2D eigenvalue weighted by Gasteiger charge is 2.33. The van der Waals surface area contributed by atoms with Crippen LogP contribution in [0.3, 0.4) is 0 Å². The maximum atomic E-state index is 12.5. The number of amides is 3. The maximum absolute atomic E-state index is 12.5. The first-order chi connectivity index (χ1) is 15.0. The molecule has 0 atom stereocenters. The van der Waals surface area contributed by atoms with Crippen molar-refractivity contribution in [2.24, 2.45) is 0 Å². The second-order valence-corrected chi connectivity index (χ2v) is 9.85. The van der Waals surface area contributed by atoms with E-state index in [0.29, 0.717) is 14.4 Å². The van der Waals surface area contributed by atoms with Crippen molar-refractivity contribution in [3.8, 4) is 0 Å². The molecule has 3 aromatic rings. The third-order valence-corrected chi connectivity index (χ3v) is 7.11. The summed E-state index contributed by atoms with van der Waals surface area (Å²) >= 11 is 9.09. The average Bonchev–Trinajstić information content (AvgIpc) is 3.47. The van der Waals surface area contributed by atoms with E-state index in [1.807, 2.05) is 41.8 Å². The summed E-state index contributed by atoms with van der Waals surface area (Å²) in [5.41, 5.74) is 6.35. The van der Waals surface area contributed by atoms with E-state index in [4.69, 9.17) is 12.2 Å². The van der Waals surface area contributed by atoms with Crippen LogP contribution in [0.25, 0.3) is 17.1 Å². The summed E-state index contributed by atoms with van der Waals surface area (Å²) in [6.45, 7) is -0.274. The van der Waals surface area contributed by atoms with E-state index in [-0.39, 0.29) is 18.2 Å². The number of hydrogen-bond donors (Lipinski definition) is 3. The zero-order valence-electron chi connectivity index (χ0n) is 15.8. The van der Waals surface area contributed by atoms with Crippen molar-refractivity contribution in [3.63, 3.8) is 0 Å². The van der Waals surface area contributed by atoms with Crippen molar-refractivity contribution in [1.29, 1.82) is 0 Å². The van der Waals surface area contributed by atoms with Crippen LogP contribution in [0.1, 0.15) is 4.88 Å². The van der Waals surface area contributed by atoms with Crippen molar-refractivity contribution in [1.82, 2.24) is 25.7 Å². The second kappa shape index (κ2) is 9.64. The topological polar surface area (TPSA) is 107 Å². The maximum Gasteiger partial charge on any atom is 0.266 e. The molecule has 0 aliphatic carbocycles. The molecule has 1 aliphatic heterocycles. The number of thiocarbonyl (C=S) groups is 1. The first-order valence-corrected chi connectivity index (χ1v) is 12.0. The number of imidazole rings is 1. The predicted octanol–water partition coefficient (Wildman–Crippen LogP) is 2.77. The fourth-order valence-electron chi connectivity index (χ4n) is 2.63. The van der Waals surface area contributed by atoms with Crippen molar-refractivity contribution in [2.45, 2.75) is 5.16 Å². The van der Waals surface area contributed by atoms with Gasteiger partial charge in [0.2, 0.25) is 5.91 Å². The molecule has 3 N–H and O–H groups in total. The molecule has 3 heterocycles. The fraction of sp³-hybridized carbons (Fsp3) is 0.105. The van der Waals surface area contributed by atoms with Gasteiger partial charge in [-0.25, -0.2) is 4.98 Å². The quantitative estimate of drug-likeness (QED) is 0.212. The number of para-hydroxylation sites is 2. The molecule has 1 fully saturated rings. The number of thioether (sulfide) groups is 2. The number of H-pyrrole nitrogens is 1. The van der Waals surface area contributed by atoms with Crippen LogP contribution in [0.5, 0.6) is 0 Å². The minimum atomic E-state index is -0.546. The first kappa shape index (κ1) is 21.6. The minimum absolute atomic E-state index is 0.0602. The predicted molar refractivity (Wildman–Crippen MR) is 127 cm³/mol. The summed E-state index contributed by atoms with van der Waals surface area (Å²) in [6.07, 6.45) is 1.75. The Hall–Kier alpha value is -2.67. The molecular weight excluding hydrogens is 475 g/mol. The van der Waals surface area contributed by atoms with Gasteiger partial charge in [-0.15, -0.1) is 11.3 Å². The molecule has 0 spiro atoms. The molecule has 31 heavy (non-hydrogen) atoms. The van der Waals surface area contributed by atoms with Crippen molar-refractivity contribution in [3.05, 3.63) is 51.6 Å². The lowest BCUT2D eigenvalue weighted by atomic mass is 10.3. The average molecular weight is 490 g/mol. The number of hydrazine groups is 1. The van der Waals surface area contributed by atoms with Crippen LogP contribution in [0.4, 0.5) is 0 Å². The van der Waals surface area contributed by atoms with Gasteiger partial charge in [0.1, 0.15) is 10.9 Å². The molecule has 1 saturated heterocycles. The molecule has 4 rings (SSSR count). The monoisotopic (exact) mass is 489 g/mol. The number of nitrogens with zero attached hydrogens (tertiary/aromatic N) is 2. The van der Waals surface area contributed by atoms with E-state index >= 15 is 0 Å². The molecule has 12 heteroatoms. The lowest BCUT2D eigenvalue weighted by Gasteiger charge is -2.14. The van der Waals surface area contributed by atoms with E-state index in [0.717, 1.165) is 27.7 Å². The van der Waals surface area contributed by atoms with Crippen molar-refractivity contribution < 1.29 is 14.4 Å². The van der Waals surface area contributed by atoms with Gasteiger partial charge in [-0.2, -0.15) is 0 Å². The van der Waals surface area contributed by atoms with Gasteiger partial charge in [-0.05, 0) is 29.7 Å². The summed E-state index contributed by atoms with van der Waals surface area (Å²) in [5.74, 6) is -1.21. The SMILES string of the molecule is O=C(CSc1nc2ccccc2[nH]1)NNC(=O)CN1C(=O)C(=Cc2cccs2)SC1=S. The standard InChI is InChI=1S/C19H15N5O3S4/c25-15(9-24-17(27)14(31-19(24)28)8-11-4-3-7-29-11)22-23-16(26)10-30-18-20-12-5-1-2-6-13(12)21-18/h1-8H,9-10H2,(H,20,21)(H,22,25)(H,23,26). The van der Waals surface area contributed by atoms with Gasteiger partial charge in [0.05, 0.1) is 21.7 Å². The Morgan fingerprint density at radius 3 is 2.77 bits per heavy atom. The third kappa shape index (κ3) is 5.34. The Balaban J connectivity index is 1.24. The lowest BCUT2D eigenvalue weighted by molar-refractivity contribution is -0.131. The van der Waals surface area contributed by atoms with E-state index < -0.39 is 11.8 Å². The number of fused-ring (bicyclic) bond motifs is 1. The Labute approximate surface area is 194 Å². The van der Waals surface area contributed by atoms with Crippen LogP contribution in [-0.2, 0) is 14.4 Å². The fourth-order valence-corrected chi connectivity index (χ4v) is 5.29. The summed E-state index contributed by atoms with van der Waals surface area (Å²) < 4.78 is 0.301. The molecule has 0 saturated carbocycles. The van der Waals surface area contributed by atoms with Gasteiger partial charge in [-0.1, -0.05) is 53.9 Å². The van der Waals surface area contributed by atoms with Gasteiger partial charge < -0.3 is 4.98 Å². The van der Waals surface area contributed by atoms with Gasteiger partial charge in [0.25, 0.3) is 11.8 Å². The van der Waals surface area contributed by atoms with Crippen LogP contribution in [0, 0.1) is 0 Å². The van der Waals surface area contributed by atoms with Crippen LogP contribution in [-0.4, -0.2) is 49.2 Å². The number of carbonyl (C=O) groups excluding carboxylic acids is 3. The highest BCUT2D eigenvalue weighted by Crippen LogP contribution is 2.33. The Bertz CT molecular complexity index is 1160. The molecule has 2 aromatic heterocycles. The smallest absolute Gasteiger partial charge is 0.266 e. The zero-order chi connectivity index (χ0) is 21.8. The second-order valence-electron chi connectivity index (χ2n) is 6.23. The number of aromatic nitrogens is 2. The molecule has 1 aliphatic rings. The minimum Gasteiger partial charge on any atom is -0.333 e. The van der Waals surface area contributed by atoms with Gasteiger partial charge in [0, 0.05) is 4.88 Å². The Morgan fingerprint density at radius 2 is 2.00 bits per heavy atom. The molecule has 0 radical (unpaired) electrons. The first-order valence-electron chi connectivity index (χ1n) is 8.94. The van der Waals surface area contributed by atoms with Gasteiger partial charge >= 0.3 is 0 Å². The molecule has 0 unspecified atom stereocenters. The largest absolute Gasteiger partial charge is 0.333 e. The van der Waals surface area contributed by atoms with E-state index in [1.165, 1.54) is 28.0 Å². The van der Waals surface area contributed by atoms with E-state index in [2.05, 4.69) is 20.8 Å². The lowest BCUT2D eigenvalue weighted by Crippen LogP contribution is -2.47. The number of carbonyl (C=O) groups is 3. The number of aromatic amines is 1. The van der Waals surface area contributed by atoms with Crippen LogP contribution in [0.2, 0.25) is 0 Å². The normalized spacial score (nSPS) is 15.1. The highest BCUT2D eigenvalue weighted by molar-refractivity contribution is 8.26. The van der Waals surface area contributed by atoms with E-state index in [1.54, 1.807) is 6.08 Å². The molecular formula is C19H15N5O3S4. The van der Waals surface area contributed by atoms with Crippen molar-refractivity contribution in [2.75, 3.05) is 12.3 Å². The Kier molecular flexibility index (Phi) is 6.70. The zero-order valence-corrected chi connectivity index (χ0v) is 19.1. The highest BCUT2D eigenvalue weighted by atomic mass is 32.2. The van der Waals surface area contributed by atoms with Crippen LogP contribution < -0.4 is 10.9 Å². The third-order valence-electron chi connectivity index (χ3n) is 4.04. The molecule has 1 aromatic carbocycles. The number of hydrogen-bond acceptors (Lipinski definition) is 8. The van der Waals surface area contributed by atoms with Gasteiger partial charge in [-0.3, -0.25) is 30.1 Å². The Morgan fingerprint density at radius 1 is 1.19 bits per heavy atom. The van der Waals surface area contributed by atoms with Gasteiger partial charge in [0.15, 0.2) is 5.16 Å². The van der Waals surface area contributed by atoms with Crippen molar-refractivity contribution >= 4 is 86.2 Å². The number of benzene rings is 1. The summed E-state index contributed by atoms with van der Waals surface area (Å²) in [4.78, 5) is 46.8. The molecule has 0 bridgehead atoms. The summed E-state index contributed by atoms with van der Waals surface area (Å²) in [7, 11) is 0. The number of thiophene rings is 1. The summed E-state index contributed by atoms with van der Waals surface area (Å²) in [6, 6.07) is 11.3. The molecule has 158 valence electrons. The molecule has 3 amide bonds. The number of nitrogens with one attached hydrogen (secondary N) is 3. The number of rotatable bonds is 6.